The molecule has 8 heteroatoms. The van der Waals surface area contributed by atoms with Crippen LogP contribution in [0, 0.1) is 0 Å². The molecule has 3 aromatic heterocycles. The van der Waals surface area contributed by atoms with Gasteiger partial charge in [0.15, 0.2) is 5.13 Å². The number of amides is 2. The van der Waals surface area contributed by atoms with Crippen LogP contribution in [-0.2, 0) is 23.2 Å². The van der Waals surface area contributed by atoms with Crippen LogP contribution in [0.25, 0.3) is 0 Å². The van der Waals surface area contributed by atoms with Gasteiger partial charge < -0.3 is 4.90 Å². The van der Waals surface area contributed by atoms with Crippen molar-refractivity contribution in [2.75, 3.05) is 11.9 Å². The summed E-state index contributed by atoms with van der Waals surface area (Å²) in [5.41, 5.74) is 1.32. The summed E-state index contributed by atoms with van der Waals surface area (Å²) in [5.74, 6) is 0.133. The summed E-state index contributed by atoms with van der Waals surface area (Å²) in [5, 5.41) is 9.31. The molecule has 5 nitrogen and oxygen atoms in total. The van der Waals surface area contributed by atoms with E-state index in [1.807, 2.05) is 21.7 Å². The van der Waals surface area contributed by atoms with E-state index >= 15 is 0 Å². The molecular formula is C21H21N3O2S3. The van der Waals surface area contributed by atoms with E-state index in [9.17, 15) is 9.59 Å². The van der Waals surface area contributed by atoms with Gasteiger partial charge in [0.2, 0.25) is 5.91 Å². The number of rotatable bonds is 4. The third kappa shape index (κ3) is 3.43. The molecule has 1 aliphatic carbocycles. The zero-order valence-electron chi connectivity index (χ0n) is 15.8. The topological polar surface area (TPSA) is 62.3 Å². The van der Waals surface area contributed by atoms with Crippen molar-refractivity contribution in [3.05, 3.63) is 55.4 Å². The van der Waals surface area contributed by atoms with Crippen molar-refractivity contribution in [2.45, 2.75) is 44.1 Å². The number of thiophene rings is 2. The van der Waals surface area contributed by atoms with E-state index in [1.54, 1.807) is 17.4 Å². The lowest BCUT2D eigenvalue weighted by atomic mass is 9.82. The highest BCUT2D eigenvalue weighted by Crippen LogP contribution is 2.45. The summed E-state index contributed by atoms with van der Waals surface area (Å²) in [6.45, 7) is 1.29. The highest BCUT2D eigenvalue weighted by Gasteiger charge is 2.46. The number of nitrogens with one attached hydrogen (secondary N) is 1. The summed E-state index contributed by atoms with van der Waals surface area (Å²) in [6, 6.07) is 5.97. The number of carbonyl (C=O) groups is 2. The Morgan fingerprint density at radius 2 is 2.03 bits per heavy atom. The van der Waals surface area contributed by atoms with Crippen molar-refractivity contribution in [3.8, 4) is 0 Å². The van der Waals surface area contributed by atoms with Gasteiger partial charge in [-0.3, -0.25) is 14.9 Å². The van der Waals surface area contributed by atoms with Gasteiger partial charge in [-0.1, -0.05) is 30.2 Å². The summed E-state index contributed by atoms with van der Waals surface area (Å²) in [4.78, 5) is 34.8. The molecule has 150 valence electrons. The van der Waals surface area contributed by atoms with Crippen molar-refractivity contribution in [2.24, 2.45) is 0 Å². The lowest BCUT2D eigenvalue weighted by Crippen LogP contribution is -2.46. The Kier molecular flexibility index (Phi) is 5.01. The van der Waals surface area contributed by atoms with Crippen LogP contribution in [0.5, 0.6) is 0 Å². The summed E-state index contributed by atoms with van der Waals surface area (Å²) in [6.07, 6.45) is 4.86. The Bertz CT molecular complexity index is 1020. The number of hydrogen-bond donors (Lipinski definition) is 1. The first-order chi connectivity index (χ1) is 14.2. The summed E-state index contributed by atoms with van der Waals surface area (Å²) in [7, 11) is 0. The summed E-state index contributed by atoms with van der Waals surface area (Å²) < 4.78 is 0. The van der Waals surface area contributed by atoms with Crippen LogP contribution >= 0.6 is 34.0 Å². The average Bonchev–Trinajstić information content (AvgIpc) is 3.53. The molecule has 1 aliphatic heterocycles. The molecule has 1 N–H and O–H groups in total. The molecule has 0 saturated heterocycles. The van der Waals surface area contributed by atoms with E-state index in [0.717, 1.165) is 42.7 Å². The molecule has 1 saturated carbocycles. The van der Waals surface area contributed by atoms with E-state index in [1.165, 1.54) is 27.6 Å². The van der Waals surface area contributed by atoms with Gasteiger partial charge in [0, 0.05) is 28.1 Å². The predicted octanol–water partition coefficient (Wildman–Crippen LogP) is 4.92. The van der Waals surface area contributed by atoms with Crippen molar-refractivity contribution >= 4 is 51.0 Å². The monoisotopic (exact) mass is 443 g/mol. The number of hydrogen-bond acceptors (Lipinski definition) is 6. The Morgan fingerprint density at radius 3 is 2.76 bits per heavy atom. The van der Waals surface area contributed by atoms with Crippen LogP contribution in [0.1, 0.15) is 51.5 Å². The maximum Gasteiger partial charge on any atom is 0.258 e. The first-order valence-corrected chi connectivity index (χ1v) is 12.5. The van der Waals surface area contributed by atoms with Crippen LogP contribution in [0.4, 0.5) is 5.13 Å². The van der Waals surface area contributed by atoms with Gasteiger partial charge >= 0.3 is 0 Å². The number of anilines is 1. The second-order valence-electron chi connectivity index (χ2n) is 7.60. The van der Waals surface area contributed by atoms with Crippen LogP contribution in [0.2, 0.25) is 0 Å². The van der Waals surface area contributed by atoms with Crippen molar-refractivity contribution in [3.63, 3.8) is 0 Å². The Morgan fingerprint density at radius 1 is 1.17 bits per heavy atom. The van der Waals surface area contributed by atoms with Gasteiger partial charge in [-0.2, -0.15) is 11.3 Å². The Labute approximate surface area is 181 Å². The molecule has 0 bridgehead atoms. The van der Waals surface area contributed by atoms with E-state index < -0.39 is 0 Å². The number of fused-ring (bicyclic) bond motifs is 1. The van der Waals surface area contributed by atoms with E-state index in [0.29, 0.717) is 23.8 Å². The number of carbonyl (C=O) groups excluding carboxylic acids is 2. The fourth-order valence-corrected chi connectivity index (χ4v) is 7.02. The maximum atomic E-state index is 13.6. The number of nitrogens with zero attached hydrogens (tertiary/aromatic N) is 2. The molecule has 0 unspecified atom stereocenters. The van der Waals surface area contributed by atoms with E-state index in [2.05, 4.69) is 21.7 Å². The van der Waals surface area contributed by atoms with Gasteiger partial charge in [0.25, 0.3) is 5.91 Å². The fourth-order valence-electron chi connectivity index (χ4n) is 4.38. The Balaban J connectivity index is 1.34. The number of thiazole rings is 1. The highest BCUT2D eigenvalue weighted by molar-refractivity contribution is 7.16. The van der Waals surface area contributed by atoms with Crippen LogP contribution in [0.15, 0.2) is 34.3 Å². The molecule has 5 rings (SSSR count). The third-order valence-corrected chi connectivity index (χ3v) is 8.64. The third-order valence-electron chi connectivity index (χ3n) is 5.88. The molecule has 2 aliphatic rings. The standard InChI is InChI=1S/C21H21N3O2S3/c25-18(14-6-11-27-13-14)23-20-22-15-5-9-24(12-16(15)29-20)19(26)21(7-1-2-8-21)17-4-3-10-28-17/h3-4,6,10-11,13H,1-2,5,7-9,12H2,(H,22,23,25). The average molecular weight is 444 g/mol. The molecule has 0 spiro atoms. The fraction of sp³-hybridized carbons (Fsp3) is 0.381. The SMILES string of the molecule is O=C(Nc1nc2c(s1)CN(C(=O)C1(c3cccs3)CCCC1)CC2)c1ccsc1. The molecular weight excluding hydrogens is 422 g/mol. The van der Waals surface area contributed by atoms with Crippen LogP contribution in [0.3, 0.4) is 0 Å². The van der Waals surface area contributed by atoms with Gasteiger partial charge in [-0.15, -0.1) is 11.3 Å². The number of aromatic nitrogens is 1. The van der Waals surface area contributed by atoms with E-state index in [-0.39, 0.29) is 17.2 Å². The van der Waals surface area contributed by atoms with Gasteiger partial charge in [0.1, 0.15) is 0 Å². The minimum atomic E-state index is -0.341. The highest BCUT2D eigenvalue weighted by atomic mass is 32.1. The predicted molar refractivity (Wildman–Crippen MR) is 118 cm³/mol. The lowest BCUT2D eigenvalue weighted by molar-refractivity contribution is -0.138. The first-order valence-electron chi connectivity index (χ1n) is 9.81. The van der Waals surface area contributed by atoms with Crippen LogP contribution in [-0.4, -0.2) is 28.2 Å². The van der Waals surface area contributed by atoms with Crippen molar-refractivity contribution < 1.29 is 9.59 Å². The largest absolute Gasteiger partial charge is 0.336 e. The normalized spacial score (nSPS) is 17.9. The van der Waals surface area contributed by atoms with Gasteiger partial charge in [-0.05, 0) is 35.7 Å². The zero-order valence-corrected chi connectivity index (χ0v) is 18.3. The molecule has 2 amide bonds. The molecule has 0 radical (unpaired) electrons. The Hall–Kier alpha value is -2.03. The first kappa shape index (κ1) is 19.0. The molecule has 0 aromatic carbocycles. The van der Waals surface area contributed by atoms with E-state index in [4.69, 9.17) is 0 Å². The molecule has 4 heterocycles. The molecule has 1 fully saturated rings. The summed E-state index contributed by atoms with van der Waals surface area (Å²) >= 11 is 4.69. The quantitative estimate of drug-likeness (QED) is 0.623. The van der Waals surface area contributed by atoms with Crippen LogP contribution < -0.4 is 5.32 Å². The van der Waals surface area contributed by atoms with Gasteiger partial charge in [0.05, 0.1) is 23.2 Å². The molecule has 29 heavy (non-hydrogen) atoms. The zero-order chi connectivity index (χ0) is 19.8. The van der Waals surface area contributed by atoms with Gasteiger partial charge in [-0.25, -0.2) is 4.98 Å². The minimum Gasteiger partial charge on any atom is -0.336 e. The molecule has 3 aromatic rings. The molecule has 0 atom stereocenters. The van der Waals surface area contributed by atoms with Crippen molar-refractivity contribution in [1.82, 2.24) is 9.88 Å². The lowest BCUT2D eigenvalue weighted by Gasteiger charge is -2.35. The minimum absolute atomic E-state index is 0.132. The van der Waals surface area contributed by atoms with Crippen molar-refractivity contribution in [1.29, 1.82) is 0 Å². The maximum absolute atomic E-state index is 13.6. The second-order valence-corrected chi connectivity index (χ2v) is 10.4. The second kappa shape index (κ2) is 7.66. The smallest absolute Gasteiger partial charge is 0.258 e.